The Balaban J connectivity index is 0.00000225. The lowest BCUT2D eigenvalue weighted by molar-refractivity contribution is -0.134. The predicted molar refractivity (Wildman–Crippen MR) is 93.4 cm³/mol. The number of imidazole rings is 1. The Morgan fingerprint density at radius 2 is 2.32 bits per heavy atom. The number of hydrogen-bond acceptors (Lipinski definition) is 5. The van der Waals surface area contributed by atoms with Gasteiger partial charge in [0.25, 0.3) is 5.91 Å². The second-order valence-corrected chi connectivity index (χ2v) is 5.69. The van der Waals surface area contributed by atoms with Crippen LogP contribution < -0.4 is 10.6 Å². The molecule has 1 unspecified atom stereocenters. The molecule has 1 aliphatic rings. The number of nitrogens with one attached hydrogen (secondary N) is 2. The average Bonchev–Trinajstić information content (AvgIpc) is 3.26. The van der Waals surface area contributed by atoms with Crippen LogP contribution in [0.3, 0.4) is 0 Å². The topological polar surface area (TPSA) is 92.4 Å². The summed E-state index contributed by atoms with van der Waals surface area (Å²) in [6.07, 6.45) is 5.29. The standard InChI is InChI=1S/C16H21N5O3.ClH/c1-20-8-7-18-15(20)12-11-17-6-9-21(12)14(22)4-5-19-16(23)13-3-2-10-24-13;/h2-3,7-8,10,12,17H,4-6,9,11H2,1H3,(H,19,23);1H. The van der Waals surface area contributed by atoms with E-state index in [1.807, 2.05) is 22.7 Å². The van der Waals surface area contributed by atoms with Gasteiger partial charge in [-0.25, -0.2) is 4.98 Å². The van der Waals surface area contributed by atoms with Gasteiger partial charge in [-0.3, -0.25) is 9.59 Å². The summed E-state index contributed by atoms with van der Waals surface area (Å²) in [5, 5.41) is 6.00. The van der Waals surface area contributed by atoms with Gasteiger partial charge in [-0.05, 0) is 12.1 Å². The third kappa shape index (κ3) is 4.40. The van der Waals surface area contributed by atoms with Gasteiger partial charge >= 0.3 is 0 Å². The fraction of sp³-hybridized carbons (Fsp3) is 0.438. The van der Waals surface area contributed by atoms with Gasteiger partial charge in [0, 0.05) is 52.0 Å². The van der Waals surface area contributed by atoms with Crippen molar-refractivity contribution in [2.45, 2.75) is 12.5 Å². The number of furan rings is 1. The normalized spacial score (nSPS) is 17.0. The quantitative estimate of drug-likeness (QED) is 0.812. The summed E-state index contributed by atoms with van der Waals surface area (Å²) in [4.78, 5) is 30.6. The number of aromatic nitrogens is 2. The van der Waals surface area contributed by atoms with E-state index in [0.717, 1.165) is 12.4 Å². The van der Waals surface area contributed by atoms with Crippen LogP contribution in [0.25, 0.3) is 0 Å². The summed E-state index contributed by atoms with van der Waals surface area (Å²) < 4.78 is 6.95. The molecule has 2 aromatic rings. The van der Waals surface area contributed by atoms with Crippen LogP contribution in [-0.4, -0.2) is 52.4 Å². The molecule has 3 rings (SSSR count). The Kier molecular flexibility index (Phi) is 6.60. The highest BCUT2D eigenvalue weighted by molar-refractivity contribution is 5.91. The maximum Gasteiger partial charge on any atom is 0.286 e. The molecule has 1 atom stereocenters. The van der Waals surface area contributed by atoms with Gasteiger partial charge in [-0.15, -0.1) is 12.4 Å². The number of carbonyl (C=O) groups is 2. The van der Waals surface area contributed by atoms with Gasteiger partial charge in [0.05, 0.1) is 6.26 Å². The number of rotatable bonds is 5. The number of hydrogen-bond donors (Lipinski definition) is 2. The molecular formula is C16H22ClN5O3. The molecule has 1 aliphatic heterocycles. The first-order valence-electron chi connectivity index (χ1n) is 7.96. The van der Waals surface area contributed by atoms with E-state index in [-0.39, 0.29) is 49.0 Å². The molecule has 0 radical (unpaired) electrons. The third-order valence-electron chi connectivity index (χ3n) is 4.09. The molecule has 8 nitrogen and oxygen atoms in total. The van der Waals surface area contributed by atoms with E-state index in [1.54, 1.807) is 18.3 Å². The minimum absolute atomic E-state index is 0. The van der Waals surface area contributed by atoms with Crippen molar-refractivity contribution in [2.24, 2.45) is 7.05 Å². The second kappa shape index (κ2) is 8.68. The molecule has 2 aromatic heterocycles. The Morgan fingerprint density at radius 3 is 3.00 bits per heavy atom. The van der Waals surface area contributed by atoms with E-state index in [2.05, 4.69) is 15.6 Å². The van der Waals surface area contributed by atoms with Crippen molar-refractivity contribution in [3.8, 4) is 0 Å². The number of nitrogens with zero attached hydrogens (tertiary/aromatic N) is 3. The molecule has 2 N–H and O–H groups in total. The summed E-state index contributed by atoms with van der Waals surface area (Å²) in [6, 6.07) is 3.15. The Bertz CT molecular complexity index is 700. The van der Waals surface area contributed by atoms with E-state index in [0.29, 0.717) is 13.1 Å². The smallest absolute Gasteiger partial charge is 0.286 e. The third-order valence-corrected chi connectivity index (χ3v) is 4.09. The van der Waals surface area contributed by atoms with Crippen LogP contribution in [0.4, 0.5) is 0 Å². The first-order valence-corrected chi connectivity index (χ1v) is 7.96. The van der Waals surface area contributed by atoms with Crippen molar-refractivity contribution in [3.63, 3.8) is 0 Å². The largest absolute Gasteiger partial charge is 0.459 e. The van der Waals surface area contributed by atoms with Crippen molar-refractivity contribution in [1.29, 1.82) is 0 Å². The van der Waals surface area contributed by atoms with Gasteiger partial charge in [0.15, 0.2) is 5.76 Å². The monoisotopic (exact) mass is 367 g/mol. The van der Waals surface area contributed by atoms with E-state index in [9.17, 15) is 9.59 Å². The Labute approximate surface area is 152 Å². The van der Waals surface area contributed by atoms with Crippen molar-refractivity contribution < 1.29 is 14.0 Å². The zero-order chi connectivity index (χ0) is 16.9. The lowest BCUT2D eigenvalue weighted by Crippen LogP contribution is -2.50. The highest BCUT2D eigenvalue weighted by Gasteiger charge is 2.30. The Morgan fingerprint density at radius 1 is 1.48 bits per heavy atom. The average molecular weight is 368 g/mol. The van der Waals surface area contributed by atoms with Crippen LogP contribution in [0, 0.1) is 0 Å². The predicted octanol–water partition coefficient (Wildman–Crippen LogP) is 0.728. The highest BCUT2D eigenvalue weighted by atomic mass is 35.5. The number of piperazine rings is 1. The number of carbonyl (C=O) groups excluding carboxylic acids is 2. The van der Waals surface area contributed by atoms with Crippen molar-refractivity contribution >= 4 is 24.2 Å². The van der Waals surface area contributed by atoms with Gasteiger partial charge in [-0.2, -0.15) is 0 Å². The highest BCUT2D eigenvalue weighted by Crippen LogP contribution is 2.21. The maximum atomic E-state index is 12.6. The molecule has 9 heteroatoms. The molecule has 0 aliphatic carbocycles. The van der Waals surface area contributed by atoms with Crippen molar-refractivity contribution in [2.75, 3.05) is 26.2 Å². The summed E-state index contributed by atoms with van der Waals surface area (Å²) >= 11 is 0. The zero-order valence-electron chi connectivity index (χ0n) is 14.0. The van der Waals surface area contributed by atoms with E-state index in [4.69, 9.17) is 4.42 Å². The first-order chi connectivity index (χ1) is 11.7. The van der Waals surface area contributed by atoms with Crippen molar-refractivity contribution in [1.82, 2.24) is 25.1 Å². The molecule has 2 amide bonds. The number of amides is 2. The molecule has 1 saturated heterocycles. The van der Waals surface area contributed by atoms with E-state index < -0.39 is 0 Å². The van der Waals surface area contributed by atoms with Crippen molar-refractivity contribution in [3.05, 3.63) is 42.4 Å². The van der Waals surface area contributed by atoms with Gasteiger partial charge < -0.3 is 24.5 Å². The number of aryl methyl sites for hydroxylation is 1. The molecule has 1 fully saturated rings. The summed E-state index contributed by atoms with van der Waals surface area (Å²) in [6.45, 7) is 2.33. The minimum atomic E-state index is -0.311. The van der Waals surface area contributed by atoms with E-state index in [1.165, 1.54) is 6.26 Å². The summed E-state index contributed by atoms with van der Waals surface area (Å²) in [7, 11) is 1.92. The number of halogens is 1. The fourth-order valence-corrected chi connectivity index (χ4v) is 2.85. The van der Waals surface area contributed by atoms with E-state index >= 15 is 0 Å². The summed E-state index contributed by atoms with van der Waals surface area (Å²) in [5.41, 5.74) is 0. The Hall–Kier alpha value is -2.32. The summed E-state index contributed by atoms with van der Waals surface area (Å²) in [5.74, 6) is 0.795. The first kappa shape index (κ1) is 19.0. The molecular weight excluding hydrogens is 346 g/mol. The van der Waals surface area contributed by atoms with Crippen LogP contribution in [-0.2, 0) is 11.8 Å². The molecule has 25 heavy (non-hydrogen) atoms. The van der Waals surface area contributed by atoms with Crippen LogP contribution in [0.1, 0.15) is 28.8 Å². The fourth-order valence-electron chi connectivity index (χ4n) is 2.85. The maximum absolute atomic E-state index is 12.6. The molecule has 0 spiro atoms. The second-order valence-electron chi connectivity index (χ2n) is 5.69. The van der Waals surface area contributed by atoms with Crippen LogP contribution >= 0.6 is 12.4 Å². The van der Waals surface area contributed by atoms with Crippen LogP contribution in [0.2, 0.25) is 0 Å². The lowest BCUT2D eigenvalue weighted by Gasteiger charge is -2.35. The van der Waals surface area contributed by atoms with Crippen LogP contribution in [0.5, 0.6) is 0 Å². The molecule has 0 saturated carbocycles. The van der Waals surface area contributed by atoms with Crippen LogP contribution in [0.15, 0.2) is 35.2 Å². The zero-order valence-corrected chi connectivity index (χ0v) is 14.8. The van der Waals surface area contributed by atoms with Gasteiger partial charge in [0.2, 0.25) is 5.91 Å². The molecule has 136 valence electrons. The molecule has 0 bridgehead atoms. The van der Waals surface area contributed by atoms with Gasteiger partial charge in [0.1, 0.15) is 11.9 Å². The van der Waals surface area contributed by atoms with Gasteiger partial charge in [-0.1, -0.05) is 0 Å². The molecule has 0 aromatic carbocycles. The SMILES string of the molecule is Cl.Cn1ccnc1C1CNCCN1C(=O)CCNC(=O)c1ccco1. The lowest BCUT2D eigenvalue weighted by atomic mass is 10.1. The minimum Gasteiger partial charge on any atom is -0.459 e. The molecule has 3 heterocycles.